The van der Waals surface area contributed by atoms with Crippen LogP contribution in [0.3, 0.4) is 0 Å². The van der Waals surface area contributed by atoms with Crippen molar-refractivity contribution in [3.05, 3.63) is 23.3 Å². The lowest BCUT2D eigenvalue weighted by Gasteiger charge is -1.89. The molecule has 0 aliphatic carbocycles. The molecule has 1 aromatic heterocycles. The summed E-state index contributed by atoms with van der Waals surface area (Å²) in [7, 11) is 1.47. The van der Waals surface area contributed by atoms with Gasteiger partial charge in [-0.3, -0.25) is 0 Å². The molecule has 0 N–H and O–H groups in total. The van der Waals surface area contributed by atoms with Crippen molar-refractivity contribution in [3.8, 4) is 5.88 Å². The van der Waals surface area contributed by atoms with Gasteiger partial charge in [0.25, 0.3) is 0 Å². The number of pyridine rings is 1. The minimum atomic E-state index is 0.324. The highest BCUT2D eigenvalue weighted by molar-refractivity contribution is 5.51. The van der Waals surface area contributed by atoms with Gasteiger partial charge in [0.1, 0.15) is 0 Å². The average Bonchev–Trinajstić information content (AvgIpc) is 2.04. The number of hydrogen-bond acceptors (Lipinski definition) is 3. The fraction of sp³-hybridized carbons (Fsp3) is 0.167. The Bertz CT molecular complexity index is 266. The molecule has 4 nitrogen and oxygen atoms in total. The van der Waals surface area contributed by atoms with Crippen molar-refractivity contribution in [1.82, 2.24) is 4.98 Å². The van der Waals surface area contributed by atoms with Gasteiger partial charge in [0.15, 0.2) is 4.98 Å². The molecule has 10 heavy (non-hydrogen) atoms. The zero-order chi connectivity index (χ0) is 7.40. The fourth-order valence-electron chi connectivity index (χ4n) is 0.616. The number of rotatable bonds is 1. The first-order valence-corrected chi connectivity index (χ1v) is 2.72. The van der Waals surface area contributed by atoms with Crippen LogP contribution in [0.1, 0.15) is 0 Å². The van der Waals surface area contributed by atoms with Gasteiger partial charge in [-0.05, 0) is 6.07 Å². The molecule has 1 aromatic rings. The van der Waals surface area contributed by atoms with Crippen LogP contribution in [-0.4, -0.2) is 12.1 Å². The Balaban J connectivity index is 3.12. The summed E-state index contributed by atoms with van der Waals surface area (Å²) in [6, 6.07) is 3.27. The standard InChI is InChI=1S/C6H6N3O/c1-10-6-5(9-7)3-2-4-8-6/h2-4H,1H3/q+1. The first kappa shape index (κ1) is 6.49. The lowest BCUT2D eigenvalue weighted by Crippen LogP contribution is -1.84. The Morgan fingerprint density at radius 1 is 1.70 bits per heavy atom. The van der Waals surface area contributed by atoms with Crippen molar-refractivity contribution in [1.29, 1.82) is 5.39 Å². The Morgan fingerprint density at radius 2 is 2.50 bits per heavy atom. The largest absolute Gasteiger partial charge is 0.475 e. The van der Waals surface area contributed by atoms with Crippen molar-refractivity contribution in [2.24, 2.45) is 0 Å². The second-order valence-corrected chi connectivity index (χ2v) is 1.63. The van der Waals surface area contributed by atoms with E-state index in [1.54, 1.807) is 18.3 Å². The van der Waals surface area contributed by atoms with Gasteiger partial charge in [-0.2, -0.15) is 0 Å². The molecule has 0 bridgehead atoms. The van der Waals surface area contributed by atoms with E-state index in [9.17, 15) is 0 Å². The fourth-order valence-corrected chi connectivity index (χ4v) is 0.616. The Kier molecular flexibility index (Phi) is 1.80. The van der Waals surface area contributed by atoms with Crippen molar-refractivity contribution < 1.29 is 4.74 Å². The maximum Gasteiger partial charge on any atom is 0.446 e. The molecule has 0 aliphatic heterocycles. The van der Waals surface area contributed by atoms with E-state index < -0.39 is 0 Å². The van der Waals surface area contributed by atoms with Crippen molar-refractivity contribution in [2.45, 2.75) is 0 Å². The summed E-state index contributed by atoms with van der Waals surface area (Å²) >= 11 is 0. The van der Waals surface area contributed by atoms with Gasteiger partial charge in [-0.25, -0.2) is 4.98 Å². The molecule has 0 radical (unpaired) electrons. The lowest BCUT2D eigenvalue weighted by molar-refractivity contribution is 0.400. The predicted molar refractivity (Wildman–Crippen MR) is 35.5 cm³/mol. The molecule has 0 unspecified atom stereocenters. The maximum atomic E-state index is 8.35. The summed E-state index contributed by atoms with van der Waals surface area (Å²) in [5, 5.41) is 8.35. The first-order chi connectivity index (χ1) is 4.88. The van der Waals surface area contributed by atoms with E-state index >= 15 is 0 Å². The molecule has 0 aliphatic rings. The van der Waals surface area contributed by atoms with Crippen LogP contribution in [0.2, 0.25) is 0 Å². The van der Waals surface area contributed by atoms with Gasteiger partial charge in [-0.15, -0.1) is 0 Å². The van der Waals surface area contributed by atoms with Gasteiger partial charge in [0.2, 0.25) is 5.39 Å². The first-order valence-electron chi connectivity index (χ1n) is 2.72. The van der Waals surface area contributed by atoms with Gasteiger partial charge in [-0.1, -0.05) is 0 Å². The van der Waals surface area contributed by atoms with Gasteiger partial charge in [0, 0.05) is 12.3 Å². The molecule has 0 amide bonds. The van der Waals surface area contributed by atoms with Crippen LogP contribution in [0.25, 0.3) is 4.98 Å². The molecule has 1 heterocycles. The third kappa shape index (κ3) is 1.03. The summed E-state index contributed by atoms with van der Waals surface area (Å²) in [5.41, 5.74) is 0.338. The van der Waals surface area contributed by atoms with E-state index in [0.717, 1.165) is 0 Å². The zero-order valence-electron chi connectivity index (χ0n) is 5.48. The van der Waals surface area contributed by atoms with Crippen LogP contribution in [0.5, 0.6) is 5.88 Å². The van der Waals surface area contributed by atoms with Gasteiger partial charge < -0.3 is 4.74 Å². The number of methoxy groups -OCH3 is 1. The molecular weight excluding hydrogens is 130 g/mol. The Morgan fingerprint density at radius 3 is 3.00 bits per heavy atom. The van der Waals surface area contributed by atoms with Crippen LogP contribution in [0, 0.1) is 5.39 Å². The van der Waals surface area contributed by atoms with E-state index in [1.807, 2.05) is 0 Å². The molecule has 0 aromatic carbocycles. The van der Waals surface area contributed by atoms with Crippen LogP contribution in [0.4, 0.5) is 5.69 Å². The summed E-state index contributed by atoms with van der Waals surface area (Å²) in [6.45, 7) is 0. The number of ether oxygens (including phenoxy) is 1. The second kappa shape index (κ2) is 2.78. The molecular formula is C6H6N3O+. The van der Waals surface area contributed by atoms with E-state index in [4.69, 9.17) is 10.1 Å². The summed E-state index contributed by atoms with van der Waals surface area (Å²) in [6.07, 6.45) is 1.56. The van der Waals surface area contributed by atoms with E-state index in [1.165, 1.54) is 7.11 Å². The highest BCUT2D eigenvalue weighted by atomic mass is 16.5. The smallest absolute Gasteiger partial charge is 0.446 e. The molecule has 0 fully saturated rings. The average molecular weight is 136 g/mol. The zero-order valence-corrected chi connectivity index (χ0v) is 5.48. The number of nitrogens with zero attached hydrogens (tertiary/aromatic N) is 3. The van der Waals surface area contributed by atoms with Crippen LogP contribution in [0.15, 0.2) is 18.3 Å². The molecule has 1 rings (SSSR count). The highest BCUT2D eigenvalue weighted by Gasteiger charge is 2.12. The third-order valence-electron chi connectivity index (χ3n) is 1.05. The Hall–Kier alpha value is -1.63. The van der Waals surface area contributed by atoms with E-state index in [-0.39, 0.29) is 0 Å². The van der Waals surface area contributed by atoms with Gasteiger partial charge >= 0.3 is 11.6 Å². The van der Waals surface area contributed by atoms with Crippen molar-refractivity contribution in [2.75, 3.05) is 7.11 Å². The molecule has 0 saturated carbocycles. The summed E-state index contributed by atoms with van der Waals surface area (Å²) in [5.74, 6) is 0.324. The molecule has 50 valence electrons. The summed E-state index contributed by atoms with van der Waals surface area (Å²) in [4.78, 5) is 6.75. The third-order valence-corrected chi connectivity index (χ3v) is 1.05. The van der Waals surface area contributed by atoms with Crippen LogP contribution < -0.4 is 4.74 Å². The minimum Gasteiger partial charge on any atom is -0.475 e. The highest BCUT2D eigenvalue weighted by Crippen LogP contribution is 2.22. The molecule has 4 heteroatoms. The molecule has 0 spiro atoms. The minimum absolute atomic E-state index is 0.324. The second-order valence-electron chi connectivity index (χ2n) is 1.63. The predicted octanol–water partition coefficient (Wildman–Crippen LogP) is 1.57. The lowest BCUT2D eigenvalue weighted by atomic mass is 10.4. The quantitative estimate of drug-likeness (QED) is 0.550. The van der Waals surface area contributed by atoms with Crippen molar-refractivity contribution in [3.63, 3.8) is 0 Å². The van der Waals surface area contributed by atoms with E-state index in [2.05, 4.69) is 9.96 Å². The van der Waals surface area contributed by atoms with E-state index in [0.29, 0.717) is 11.6 Å². The summed E-state index contributed by atoms with van der Waals surface area (Å²) < 4.78 is 4.77. The van der Waals surface area contributed by atoms with Crippen molar-refractivity contribution >= 4 is 5.69 Å². The molecule has 0 saturated heterocycles. The SMILES string of the molecule is COc1ncccc1[N+]#N. The van der Waals surface area contributed by atoms with Gasteiger partial charge in [0.05, 0.1) is 7.11 Å². The van der Waals surface area contributed by atoms with Crippen LogP contribution >= 0.6 is 0 Å². The number of aromatic nitrogens is 1. The topological polar surface area (TPSA) is 50.3 Å². The number of hydrogen-bond donors (Lipinski definition) is 0. The maximum absolute atomic E-state index is 8.35. The normalized spacial score (nSPS) is 8.40. The van der Waals surface area contributed by atoms with Crippen LogP contribution in [-0.2, 0) is 0 Å². The monoisotopic (exact) mass is 136 g/mol. The number of diazo groups is 1. The Labute approximate surface area is 58.1 Å². The molecule has 0 atom stereocenters.